The highest BCUT2D eigenvalue weighted by Gasteiger charge is 2.13. The van der Waals surface area contributed by atoms with Crippen LogP contribution in [0, 0.1) is 13.8 Å². The summed E-state index contributed by atoms with van der Waals surface area (Å²) in [5.74, 6) is 1.76. The molecule has 0 saturated carbocycles. The lowest BCUT2D eigenvalue weighted by Gasteiger charge is -2.11. The van der Waals surface area contributed by atoms with Crippen LogP contribution in [0.3, 0.4) is 0 Å². The van der Waals surface area contributed by atoms with E-state index in [9.17, 15) is 4.79 Å². The first-order valence-corrected chi connectivity index (χ1v) is 9.98. The molecule has 2 aromatic heterocycles. The second-order valence-electron chi connectivity index (χ2n) is 7.77. The lowest BCUT2D eigenvalue weighted by molar-refractivity contribution is 0.0821. The molecule has 0 spiro atoms. The average Bonchev–Trinajstić information content (AvgIpc) is 3.04. The molecule has 1 N–H and O–H groups in total. The highest BCUT2D eigenvalue weighted by atomic mass is 16.5. The number of benzene rings is 2. The summed E-state index contributed by atoms with van der Waals surface area (Å²) in [5, 5.41) is 3.42. The summed E-state index contributed by atoms with van der Waals surface area (Å²) < 4.78 is 7.99. The van der Waals surface area contributed by atoms with Crippen molar-refractivity contribution in [3.63, 3.8) is 0 Å². The molecule has 0 aliphatic carbocycles. The van der Waals surface area contributed by atoms with Crippen LogP contribution in [0.5, 0.6) is 11.5 Å². The topological polar surface area (TPSA) is 72.3 Å². The largest absolute Gasteiger partial charge is 0.457 e. The van der Waals surface area contributed by atoms with E-state index in [1.54, 1.807) is 32.4 Å². The molecular weight excluding hydrogens is 390 g/mol. The highest BCUT2D eigenvalue weighted by Crippen LogP contribution is 2.29. The molecule has 0 aliphatic heterocycles. The molecule has 31 heavy (non-hydrogen) atoms. The van der Waals surface area contributed by atoms with Crippen LogP contribution in [0.25, 0.3) is 11.0 Å². The van der Waals surface area contributed by atoms with Crippen molar-refractivity contribution < 1.29 is 9.53 Å². The number of imidazole rings is 1. The molecule has 0 atom stereocenters. The molecule has 0 aliphatic rings. The second-order valence-corrected chi connectivity index (χ2v) is 7.77. The smallest absolute Gasteiger partial charge is 0.272 e. The highest BCUT2D eigenvalue weighted by molar-refractivity contribution is 5.92. The summed E-state index contributed by atoms with van der Waals surface area (Å²) in [4.78, 5) is 22.5. The van der Waals surface area contributed by atoms with Crippen molar-refractivity contribution in [3.8, 4) is 11.5 Å². The minimum Gasteiger partial charge on any atom is -0.457 e. The minimum atomic E-state index is -0.173. The molecular formula is C24H25N5O2. The molecule has 158 valence electrons. The molecule has 4 aromatic rings. The van der Waals surface area contributed by atoms with Gasteiger partial charge in [0.1, 0.15) is 17.2 Å². The van der Waals surface area contributed by atoms with Gasteiger partial charge in [0.15, 0.2) is 0 Å². The van der Waals surface area contributed by atoms with Crippen LogP contribution >= 0.6 is 0 Å². The predicted octanol–water partition coefficient (Wildman–Crippen LogP) is 4.82. The van der Waals surface area contributed by atoms with E-state index in [2.05, 4.69) is 42.3 Å². The van der Waals surface area contributed by atoms with Crippen molar-refractivity contribution in [1.82, 2.24) is 19.4 Å². The number of fused-ring (bicyclic) bond motifs is 1. The maximum absolute atomic E-state index is 12.1. The number of amides is 1. The molecule has 7 heteroatoms. The molecule has 2 aromatic carbocycles. The predicted molar refractivity (Wildman–Crippen MR) is 122 cm³/mol. The molecule has 0 saturated heterocycles. The van der Waals surface area contributed by atoms with Crippen LogP contribution in [0.15, 0.2) is 54.7 Å². The number of hydrogen-bond donors (Lipinski definition) is 1. The molecule has 0 fully saturated rings. The Morgan fingerprint density at radius 1 is 1.03 bits per heavy atom. The number of nitrogens with one attached hydrogen (secondary N) is 1. The molecule has 0 radical (unpaired) electrons. The Kier molecular flexibility index (Phi) is 5.33. The van der Waals surface area contributed by atoms with Crippen molar-refractivity contribution >= 4 is 28.6 Å². The summed E-state index contributed by atoms with van der Waals surface area (Å²) in [6, 6.07) is 15.4. The van der Waals surface area contributed by atoms with E-state index in [1.807, 2.05) is 29.8 Å². The molecule has 7 nitrogen and oxygen atoms in total. The summed E-state index contributed by atoms with van der Waals surface area (Å²) in [5.41, 5.74) is 5.54. The first-order valence-electron chi connectivity index (χ1n) is 9.98. The van der Waals surface area contributed by atoms with E-state index in [4.69, 9.17) is 9.72 Å². The zero-order valence-corrected chi connectivity index (χ0v) is 18.3. The summed E-state index contributed by atoms with van der Waals surface area (Å²) in [7, 11) is 5.36. The van der Waals surface area contributed by atoms with Gasteiger partial charge in [-0.05, 0) is 43.7 Å². The van der Waals surface area contributed by atoms with Crippen molar-refractivity contribution in [2.45, 2.75) is 13.8 Å². The first kappa shape index (κ1) is 20.4. The minimum absolute atomic E-state index is 0.173. The Labute approximate surface area is 181 Å². The Morgan fingerprint density at radius 3 is 2.55 bits per heavy atom. The number of nitrogens with zero attached hydrogens (tertiary/aromatic N) is 4. The number of ether oxygens (including phenoxy) is 1. The quantitative estimate of drug-likeness (QED) is 0.506. The fourth-order valence-electron chi connectivity index (χ4n) is 3.39. The van der Waals surface area contributed by atoms with Gasteiger partial charge in [-0.15, -0.1) is 0 Å². The SMILES string of the molecule is Cc1ccc(Nc2nc3cc(Oc4ccnc(C(=O)N(C)C)c4)ccc3n2C)c(C)c1. The van der Waals surface area contributed by atoms with Crippen LogP contribution in [-0.2, 0) is 7.05 Å². The van der Waals surface area contributed by atoms with Gasteiger partial charge in [0.2, 0.25) is 5.95 Å². The maximum atomic E-state index is 12.1. The number of pyridine rings is 1. The Bertz CT molecular complexity index is 1280. The fourth-order valence-corrected chi connectivity index (χ4v) is 3.39. The van der Waals surface area contributed by atoms with E-state index in [-0.39, 0.29) is 5.91 Å². The Balaban J connectivity index is 1.60. The Hall–Kier alpha value is -3.87. The van der Waals surface area contributed by atoms with Gasteiger partial charge in [-0.2, -0.15) is 0 Å². The van der Waals surface area contributed by atoms with Gasteiger partial charge < -0.3 is 19.5 Å². The van der Waals surface area contributed by atoms with Gasteiger partial charge in [-0.1, -0.05) is 17.7 Å². The average molecular weight is 415 g/mol. The Morgan fingerprint density at radius 2 is 1.81 bits per heavy atom. The van der Waals surface area contributed by atoms with Gasteiger partial charge in [0.25, 0.3) is 5.91 Å². The monoisotopic (exact) mass is 415 g/mol. The number of carbonyl (C=O) groups is 1. The maximum Gasteiger partial charge on any atom is 0.272 e. The standard InChI is InChI=1S/C24H25N5O2/c1-15-6-8-19(16(2)12-15)26-24-27-20-13-17(7-9-22(20)29(24)5)31-18-10-11-25-21(14-18)23(30)28(3)4/h6-14H,1-5H3,(H,26,27). The van der Waals surface area contributed by atoms with E-state index in [0.717, 1.165) is 28.2 Å². The summed E-state index contributed by atoms with van der Waals surface area (Å²) in [6.07, 6.45) is 1.57. The van der Waals surface area contributed by atoms with Crippen LogP contribution in [0.4, 0.5) is 11.6 Å². The third kappa shape index (κ3) is 4.21. The first-order chi connectivity index (χ1) is 14.8. The van der Waals surface area contributed by atoms with E-state index < -0.39 is 0 Å². The molecule has 4 rings (SSSR count). The van der Waals surface area contributed by atoms with E-state index in [1.165, 1.54) is 10.5 Å². The van der Waals surface area contributed by atoms with Crippen molar-refractivity contribution in [3.05, 3.63) is 71.5 Å². The van der Waals surface area contributed by atoms with Gasteiger partial charge in [0.05, 0.1) is 11.0 Å². The number of aryl methyl sites for hydroxylation is 3. The van der Waals surface area contributed by atoms with Gasteiger partial charge in [-0.3, -0.25) is 9.78 Å². The van der Waals surface area contributed by atoms with Crippen LogP contribution < -0.4 is 10.1 Å². The van der Waals surface area contributed by atoms with Crippen LogP contribution in [0.1, 0.15) is 21.6 Å². The number of rotatable bonds is 5. The normalized spacial score (nSPS) is 10.9. The van der Waals surface area contributed by atoms with Gasteiger partial charge in [-0.25, -0.2) is 4.98 Å². The lowest BCUT2D eigenvalue weighted by Crippen LogP contribution is -2.22. The molecule has 2 heterocycles. The third-order valence-electron chi connectivity index (χ3n) is 5.07. The lowest BCUT2D eigenvalue weighted by atomic mass is 10.1. The van der Waals surface area contributed by atoms with Crippen LogP contribution in [0.2, 0.25) is 0 Å². The van der Waals surface area contributed by atoms with Gasteiger partial charge in [0, 0.05) is 45.2 Å². The van der Waals surface area contributed by atoms with E-state index >= 15 is 0 Å². The van der Waals surface area contributed by atoms with Crippen LogP contribution in [-0.4, -0.2) is 39.4 Å². The molecule has 0 unspecified atom stereocenters. The number of aromatic nitrogens is 3. The molecule has 0 bridgehead atoms. The second kappa shape index (κ2) is 8.10. The zero-order chi connectivity index (χ0) is 22.1. The molecule has 1 amide bonds. The number of carbonyl (C=O) groups excluding carboxylic acids is 1. The van der Waals surface area contributed by atoms with Gasteiger partial charge >= 0.3 is 0 Å². The summed E-state index contributed by atoms with van der Waals surface area (Å²) >= 11 is 0. The summed E-state index contributed by atoms with van der Waals surface area (Å²) in [6.45, 7) is 4.16. The fraction of sp³-hybridized carbons (Fsp3) is 0.208. The van der Waals surface area contributed by atoms with Crippen molar-refractivity contribution in [1.29, 1.82) is 0 Å². The number of anilines is 2. The third-order valence-corrected chi connectivity index (χ3v) is 5.07. The number of hydrogen-bond acceptors (Lipinski definition) is 5. The van der Waals surface area contributed by atoms with E-state index in [0.29, 0.717) is 17.2 Å². The van der Waals surface area contributed by atoms with Crippen molar-refractivity contribution in [2.75, 3.05) is 19.4 Å². The van der Waals surface area contributed by atoms with Crippen molar-refractivity contribution in [2.24, 2.45) is 7.05 Å². The zero-order valence-electron chi connectivity index (χ0n) is 18.3.